The monoisotopic (exact) mass is 248 g/mol. The number of ether oxygens (including phenoxy) is 1. The standard InChI is InChI=1S/C15H20O3/c1-2-3-6-11-18-12-14-8-5-4-7-13(14)9-10-15(16)17/h4-5,7-10H,2-3,6,11-12H2,1H3,(H,16,17)/b10-9+. The average Bonchev–Trinajstić information content (AvgIpc) is 2.37. The van der Waals surface area contributed by atoms with Crippen LogP contribution in [0.2, 0.25) is 0 Å². The molecular weight excluding hydrogens is 228 g/mol. The van der Waals surface area contributed by atoms with Crippen molar-refractivity contribution < 1.29 is 14.6 Å². The predicted molar refractivity (Wildman–Crippen MR) is 72.3 cm³/mol. The molecule has 0 aliphatic carbocycles. The predicted octanol–water partition coefficient (Wildman–Crippen LogP) is 3.49. The molecule has 0 amide bonds. The van der Waals surface area contributed by atoms with Crippen molar-refractivity contribution in [2.24, 2.45) is 0 Å². The maximum Gasteiger partial charge on any atom is 0.328 e. The summed E-state index contributed by atoms with van der Waals surface area (Å²) in [6.07, 6.45) is 6.19. The first-order chi connectivity index (χ1) is 8.74. The minimum absolute atomic E-state index is 0.532. The van der Waals surface area contributed by atoms with Gasteiger partial charge in [-0.05, 0) is 23.6 Å². The smallest absolute Gasteiger partial charge is 0.328 e. The van der Waals surface area contributed by atoms with Gasteiger partial charge in [0.1, 0.15) is 0 Å². The average molecular weight is 248 g/mol. The first-order valence-corrected chi connectivity index (χ1v) is 6.30. The van der Waals surface area contributed by atoms with Crippen LogP contribution in [-0.2, 0) is 16.1 Å². The molecule has 0 aliphatic heterocycles. The number of hydrogen-bond acceptors (Lipinski definition) is 2. The van der Waals surface area contributed by atoms with Crippen molar-refractivity contribution in [1.29, 1.82) is 0 Å². The molecule has 0 spiro atoms. The lowest BCUT2D eigenvalue weighted by Crippen LogP contribution is -1.97. The third-order valence-electron chi connectivity index (χ3n) is 2.61. The fraction of sp³-hybridized carbons (Fsp3) is 0.400. The molecule has 1 rings (SSSR count). The van der Waals surface area contributed by atoms with Crippen molar-refractivity contribution >= 4 is 12.0 Å². The van der Waals surface area contributed by atoms with Gasteiger partial charge >= 0.3 is 5.97 Å². The lowest BCUT2D eigenvalue weighted by molar-refractivity contribution is -0.131. The van der Waals surface area contributed by atoms with E-state index in [0.29, 0.717) is 6.61 Å². The van der Waals surface area contributed by atoms with Gasteiger partial charge in [-0.25, -0.2) is 4.79 Å². The van der Waals surface area contributed by atoms with E-state index < -0.39 is 5.97 Å². The summed E-state index contributed by atoms with van der Waals surface area (Å²) < 4.78 is 5.59. The first kappa shape index (κ1) is 14.5. The van der Waals surface area contributed by atoms with E-state index >= 15 is 0 Å². The van der Waals surface area contributed by atoms with E-state index in [1.165, 1.54) is 12.8 Å². The summed E-state index contributed by atoms with van der Waals surface area (Å²) in [6, 6.07) is 7.68. The third kappa shape index (κ3) is 5.64. The van der Waals surface area contributed by atoms with Crippen molar-refractivity contribution in [3.05, 3.63) is 41.5 Å². The molecule has 0 unspecified atom stereocenters. The summed E-state index contributed by atoms with van der Waals surface area (Å²) in [5, 5.41) is 8.62. The fourth-order valence-corrected chi connectivity index (χ4v) is 1.63. The SMILES string of the molecule is CCCCCOCc1ccccc1/C=C/C(=O)O. The Bertz CT molecular complexity index is 396. The Hall–Kier alpha value is -1.61. The second kappa shape index (κ2) is 8.48. The van der Waals surface area contributed by atoms with Gasteiger partial charge in [0.15, 0.2) is 0 Å². The molecule has 0 fully saturated rings. The number of benzene rings is 1. The maximum absolute atomic E-state index is 10.5. The quantitative estimate of drug-likeness (QED) is 0.566. The summed E-state index contributed by atoms with van der Waals surface area (Å²) in [5.74, 6) is -0.936. The van der Waals surface area contributed by atoms with Gasteiger partial charge in [0.05, 0.1) is 6.61 Å². The maximum atomic E-state index is 10.5. The van der Waals surface area contributed by atoms with Crippen LogP contribution in [0, 0.1) is 0 Å². The number of carboxylic acids is 1. The van der Waals surface area contributed by atoms with Gasteiger partial charge in [-0.1, -0.05) is 44.0 Å². The van der Waals surface area contributed by atoms with Gasteiger partial charge in [0.2, 0.25) is 0 Å². The Kier molecular flexibility index (Phi) is 6.81. The van der Waals surface area contributed by atoms with Crippen LogP contribution in [0.25, 0.3) is 6.08 Å². The molecule has 0 radical (unpaired) electrons. The molecule has 1 aromatic rings. The van der Waals surface area contributed by atoms with Crippen molar-refractivity contribution in [3.63, 3.8) is 0 Å². The molecule has 0 aliphatic rings. The van der Waals surface area contributed by atoms with E-state index in [1.54, 1.807) is 6.08 Å². The second-order valence-corrected chi connectivity index (χ2v) is 4.13. The van der Waals surface area contributed by atoms with E-state index in [2.05, 4.69) is 6.92 Å². The number of unbranched alkanes of at least 4 members (excludes halogenated alkanes) is 2. The van der Waals surface area contributed by atoms with Crippen molar-refractivity contribution in [3.8, 4) is 0 Å². The van der Waals surface area contributed by atoms with Crippen LogP contribution in [0.4, 0.5) is 0 Å². The van der Waals surface area contributed by atoms with Gasteiger partial charge in [0, 0.05) is 12.7 Å². The topological polar surface area (TPSA) is 46.5 Å². The number of aliphatic carboxylic acids is 1. The number of rotatable bonds is 8. The van der Waals surface area contributed by atoms with Gasteiger partial charge < -0.3 is 9.84 Å². The zero-order chi connectivity index (χ0) is 13.2. The largest absolute Gasteiger partial charge is 0.478 e. The minimum Gasteiger partial charge on any atom is -0.478 e. The molecule has 0 heterocycles. The van der Waals surface area contributed by atoms with Gasteiger partial charge in [0.25, 0.3) is 0 Å². The zero-order valence-corrected chi connectivity index (χ0v) is 10.8. The van der Waals surface area contributed by atoms with E-state index in [0.717, 1.165) is 30.2 Å². The molecule has 0 saturated carbocycles. The molecule has 18 heavy (non-hydrogen) atoms. The zero-order valence-electron chi connectivity index (χ0n) is 10.8. The molecule has 0 aromatic heterocycles. The Labute approximate surface area is 108 Å². The van der Waals surface area contributed by atoms with E-state index in [9.17, 15) is 4.79 Å². The van der Waals surface area contributed by atoms with Crippen LogP contribution in [-0.4, -0.2) is 17.7 Å². The lowest BCUT2D eigenvalue weighted by atomic mass is 10.1. The number of carboxylic acid groups (broad SMARTS) is 1. The molecule has 3 heteroatoms. The van der Waals surface area contributed by atoms with Crippen LogP contribution in [0.1, 0.15) is 37.3 Å². The van der Waals surface area contributed by atoms with E-state index in [-0.39, 0.29) is 0 Å². The molecule has 0 atom stereocenters. The van der Waals surface area contributed by atoms with Crippen LogP contribution in [0.5, 0.6) is 0 Å². The minimum atomic E-state index is -0.936. The highest BCUT2D eigenvalue weighted by atomic mass is 16.5. The molecule has 1 N–H and O–H groups in total. The van der Waals surface area contributed by atoms with Crippen molar-refractivity contribution in [2.45, 2.75) is 32.8 Å². The summed E-state index contributed by atoms with van der Waals surface area (Å²) in [5.41, 5.74) is 1.92. The Morgan fingerprint density at radius 1 is 1.33 bits per heavy atom. The van der Waals surface area contributed by atoms with E-state index in [1.807, 2.05) is 24.3 Å². The Morgan fingerprint density at radius 2 is 2.11 bits per heavy atom. The van der Waals surface area contributed by atoms with Crippen molar-refractivity contribution in [1.82, 2.24) is 0 Å². The highest BCUT2D eigenvalue weighted by Gasteiger charge is 1.99. The highest BCUT2D eigenvalue weighted by molar-refractivity contribution is 5.85. The summed E-state index contributed by atoms with van der Waals surface area (Å²) >= 11 is 0. The number of hydrogen-bond donors (Lipinski definition) is 1. The van der Waals surface area contributed by atoms with Gasteiger partial charge in [-0.15, -0.1) is 0 Å². The van der Waals surface area contributed by atoms with Crippen molar-refractivity contribution in [2.75, 3.05) is 6.61 Å². The first-order valence-electron chi connectivity index (χ1n) is 6.30. The molecular formula is C15H20O3. The summed E-state index contributed by atoms with van der Waals surface area (Å²) in [7, 11) is 0. The lowest BCUT2D eigenvalue weighted by Gasteiger charge is -2.07. The number of carbonyl (C=O) groups is 1. The Balaban J connectivity index is 2.51. The van der Waals surface area contributed by atoms with Crippen LogP contribution in [0.15, 0.2) is 30.3 Å². The third-order valence-corrected chi connectivity index (χ3v) is 2.61. The highest BCUT2D eigenvalue weighted by Crippen LogP contribution is 2.12. The van der Waals surface area contributed by atoms with Crippen LogP contribution in [0.3, 0.4) is 0 Å². The Morgan fingerprint density at radius 3 is 2.83 bits per heavy atom. The molecule has 1 aromatic carbocycles. The van der Waals surface area contributed by atoms with E-state index in [4.69, 9.17) is 9.84 Å². The molecule has 98 valence electrons. The summed E-state index contributed by atoms with van der Waals surface area (Å²) in [6.45, 7) is 3.45. The van der Waals surface area contributed by atoms with Crippen LogP contribution < -0.4 is 0 Å². The normalized spacial score (nSPS) is 10.9. The molecule has 3 nitrogen and oxygen atoms in total. The van der Waals surface area contributed by atoms with Gasteiger partial charge in [-0.3, -0.25) is 0 Å². The fourth-order valence-electron chi connectivity index (χ4n) is 1.63. The summed E-state index contributed by atoms with van der Waals surface area (Å²) in [4.78, 5) is 10.5. The molecule has 0 saturated heterocycles. The van der Waals surface area contributed by atoms with Gasteiger partial charge in [-0.2, -0.15) is 0 Å². The molecule has 0 bridgehead atoms. The second-order valence-electron chi connectivity index (χ2n) is 4.13. The van der Waals surface area contributed by atoms with Crippen LogP contribution >= 0.6 is 0 Å².